The molecule has 2 aromatic carbocycles. The number of aryl methyl sites for hydroxylation is 2. The zero-order chi connectivity index (χ0) is 18.1. The number of nitrogens with one attached hydrogen (secondary N) is 1. The number of rotatable bonds is 4. The number of fused-ring (bicyclic) bond motifs is 1. The van der Waals surface area contributed by atoms with E-state index >= 15 is 0 Å². The first-order chi connectivity index (χ1) is 12.6. The highest BCUT2D eigenvalue weighted by molar-refractivity contribution is 7.20. The van der Waals surface area contributed by atoms with Crippen molar-refractivity contribution < 1.29 is 4.79 Å². The Balaban J connectivity index is 1.65. The van der Waals surface area contributed by atoms with Crippen LogP contribution in [0.1, 0.15) is 28.5 Å². The summed E-state index contributed by atoms with van der Waals surface area (Å²) in [6, 6.07) is 17.4. The van der Waals surface area contributed by atoms with Crippen molar-refractivity contribution in [1.82, 2.24) is 14.8 Å². The van der Waals surface area contributed by atoms with E-state index in [0.29, 0.717) is 11.4 Å². The van der Waals surface area contributed by atoms with Gasteiger partial charge in [0.05, 0.1) is 15.9 Å². The molecule has 0 aliphatic rings. The summed E-state index contributed by atoms with van der Waals surface area (Å²) in [5.41, 5.74) is 3.57. The molecule has 0 spiro atoms. The molecule has 0 aliphatic heterocycles. The van der Waals surface area contributed by atoms with Gasteiger partial charge in [0.15, 0.2) is 0 Å². The van der Waals surface area contributed by atoms with Crippen LogP contribution >= 0.6 is 11.3 Å². The van der Waals surface area contributed by atoms with Gasteiger partial charge in [-0.05, 0) is 43.2 Å². The van der Waals surface area contributed by atoms with Gasteiger partial charge in [-0.3, -0.25) is 4.79 Å². The second-order valence-corrected chi connectivity index (χ2v) is 7.06. The summed E-state index contributed by atoms with van der Waals surface area (Å²) >= 11 is 1.54. The highest BCUT2D eigenvalue weighted by atomic mass is 32.1. The van der Waals surface area contributed by atoms with Crippen LogP contribution in [0, 0.1) is 6.92 Å². The number of thiazole rings is 1. The van der Waals surface area contributed by atoms with E-state index in [1.165, 1.54) is 5.56 Å². The molecule has 0 saturated heterocycles. The molecule has 5 nitrogen and oxygen atoms in total. The van der Waals surface area contributed by atoms with Crippen LogP contribution in [-0.2, 0) is 6.42 Å². The lowest BCUT2D eigenvalue weighted by Gasteiger charge is -2.07. The molecule has 0 atom stereocenters. The maximum atomic E-state index is 12.6. The Morgan fingerprint density at radius 2 is 1.92 bits per heavy atom. The minimum atomic E-state index is -0.157. The molecule has 0 saturated carbocycles. The van der Waals surface area contributed by atoms with E-state index in [1.54, 1.807) is 16.0 Å². The quantitative estimate of drug-likeness (QED) is 0.577. The van der Waals surface area contributed by atoms with Crippen molar-refractivity contribution in [3.05, 3.63) is 71.4 Å². The van der Waals surface area contributed by atoms with Gasteiger partial charge in [-0.2, -0.15) is 9.78 Å². The van der Waals surface area contributed by atoms with E-state index < -0.39 is 0 Å². The molecule has 1 N–H and O–H groups in total. The summed E-state index contributed by atoms with van der Waals surface area (Å²) in [5, 5.41) is 8.19. The first kappa shape index (κ1) is 16.5. The monoisotopic (exact) mass is 362 g/mol. The summed E-state index contributed by atoms with van der Waals surface area (Å²) in [4.78, 5) is 17.2. The molecule has 0 bridgehead atoms. The highest BCUT2D eigenvalue weighted by Crippen LogP contribution is 2.27. The molecular weight excluding hydrogens is 344 g/mol. The topological polar surface area (TPSA) is 59.8 Å². The van der Waals surface area contributed by atoms with Crippen LogP contribution in [0.15, 0.2) is 54.6 Å². The van der Waals surface area contributed by atoms with E-state index in [-0.39, 0.29) is 5.91 Å². The second kappa shape index (κ2) is 6.72. The molecule has 6 heteroatoms. The van der Waals surface area contributed by atoms with Gasteiger partial charge in [0.2, 0.25) is 5.13 Å². The van der Waals surface area contributed by atoms with Crippen molar-refractivity contribution in [2.75, 3.05) is 5.32 Å². The Kier molecular flexibility index (Phi) is 4.26. The fraction of sp³-hybridized carbons (Fsp3) is 0.150. The van der Waals surface area contributed by atoms with Crippen molar-refractivity contribution in [3.63, 3.8) is 0 Å². The van der Waals surface area contributed by atoms with Crippen molar-refractivity contribution in [2.24, 2.45) is 0 Å². The molecule has 0 aliphatic carbocycles. The van der Waals surface area contributed by atoms with Gasteiger partial charge < -0.3 is 5.32 Å². The number of benzene rings is 2. The highest BCUT2D eigenvalue weighted by Gasteiger charge is 2.15. The number of carbonyl (C=O) groups excluding carboxylic acids is 1. The van der Waals surface area contributed by atoms with E-state index in [1.807, 2.05) is 61.5 Å². The van der Waals surface area contributed by atoms with Gasteiger partial charge in [-0.1, -0.05) is 42.5 Å². The minimum Gasteiger partial charge on any atom is -0.306 e. The number of hydrogen-bond donors (Lipinski definition) is 1. The summed E-state index contributed by atoms with van der Waals surface area (Å²) in [6.45, 7) is 3.99. The second-order valence-electron chi connectivity index (χ2n) is 6.05. The molecule has 26 heavy (non-hydrogen) atoms. The van der Waals surface area contributed by atoms with Gasteiger partial charge in [-0.15, -0.1) is 0 Å². The van der Waals surface area contributed by atoms with Gasteiger partial charge in [-0.25, -0.2) is 4.98 Å². The first-order valence-electron chi connectivity index (χ1n) is 8.47. The fourth-order valence-corrected chi connectivity index (χ4v) is 3.70. The average molecular weight is 362 g/mol. The third-order valence-electron chi connectivity index (χ3n) is 4.16. The largest absolute Gasteiger partial charge is 0.306 e. The van der Waals surface area contributed by atoms with E-state index in [4.69, 9.17) is 0 Å². The first-order valence-corrected chi connectivity index (χ1v) is 9.28. The molecule has 130 valence electrons. The van der Waals surface area contributed by atoms with Crippen LogP contribution in [0.3, 0.4) is 0 Å². The molecule has 1 amide bonds. The molecule has 0 fully saturated rings. The summed E-state index contributed by atoms with van der Waals surface area (Å²) < 4.78 is 2.78. The Morgan fingerprint density at radius 3 is 2.65 bits per heavy atom. The standard InChI is InChI=1S/C20H18N4OS/c1-3-14-8-10-15(11-9-14)19(25)22-18-12-13(2)23-24(18)20-21-16-6-4-5-7-17(16)26-20/h4-12H,3H2,1-2H3,(H,22,25). The van der Waals surface area contributed by atoms with Gasteiger partial charge in [0, 0.05) is 11.6 Å². The molecule has 0 unspecified atom stereocenters. The van der Waals surface area contributed by atoms with Crippen LogP contribution in [-0.4, -0.2) is 20.7 Å². The van der Waals surface area contributed by atoms with Crippen LogP contribution in [0.5, 0.6) is 0 Å². The number of aromatic nitrogens is 3. The normalized spacial score (nSPS) is 11.0. The molecular formula is C20H18N4OS. The Morgan fingerprint density at radius 1 is 1.15 bits per heavy atom. The number of hydrogen-bond acceptors (Lipinski definition) is 4. The third-order valence-corrected chi connectivity index (χ3v) is 5.17. The predicted molar refractivity (Wildman–Crippen MR) is 105 cm³/mol. The predicted octanol–water partition coefficient (Wildman–Crippen LogP) is 4.61. The van der Waals surface area contributed by atoms with E-state index in [2.05, 4.69) is 22.3 Å². The van der Waals surface area contributed by atoms with Crippen LogP contribution in [0.25, 0.3) is 15.3 Å². The van der Waals surface area contributed by atoms with Crippen LogP contribution < -0.4 is 5.32 Å². The summed E-state index contributed by atoms with van der Waals surface area (Å²) in [6.07, 6.45) is 0.950. The van der Waals surface area contributed by atoms with Gasteiger partial charge in [0.25, 0.3) is 5.91 Å². The lowest BCUT2D eigenvalue weighted by molar-refractivity contribution is 0.102. The van der Waals surface area contributed by atoms with Crippen LogP contribution in [0.2, 0.25) is 0 Å². The third kappa shape index (κ3) is 3.11. The van der Waals surface area contributed by atoms with Crippen molar-refractivity contribution >= 4 is 33.3 Å². The molecule has 0 radical (unpaired) electrons. The Labute approximate surface area is 155 Å². The number of anilines is 1. The number of para-hydroxylation sites is 1. The molecule has 4 aromatic rings. The molecule has 4 rings (SSSR count). The van der Waals surface area contributed by atoms with Gasteiger partial charge >= 0.3 is 0 Å². The maximum Gasteiger partial charge on any atom is 0.256 e. The Hall–Kier alpha value is -2.99. The average Bonchev–Trinajstić information content (AvgIpc) is 3.24. The molecule has 2 aromatic heterocycles. The number of nitrogens with zero attached hydrogens (tertiary/aromatic N) is 3. The zero-order valence-corrected chi connectivity index (χ0v) is 15.4. The summed E-state index contributed by atoms with van der Waals surface area (Å²) in [7, 11) is 0. The summed E-state index contributed by atoms with van der Waals surface area (Å²) in [5.74, 6) is 0.459. The van der Waals surface area contributed by atoms with Crippen LogP contribution in [0.4, 0.5) is 5.82 Å². The lowest BCUT2D eigenvalue weighted by atomic mass is 10.1. The van der Waals surface area contributed by atoms with E-state index in [0.717, 1.165) is 27.5 Å². The fourth-order valence-electron chi connectivity index (χ4n) is 2.77. The number of carbonyl (C=O) groups is 1. The molecule has 2 heterocycles. The van der Waals surface area contributed by atoms with E-state index in [9.17, 15) is 4.79 Å². The Bertz CT molecular complexity index is 1050. The van der Waals surface area contributed by atoms with Crippen molar-refractivity contribution in [1.29, 1.82) is 0 Å². The minimum absolute atomic E-state index is 0.157. The number of amides is 1. The zero-order valence-electron chi connectivity index (χ0n) is 14.6. The van der Waals surface area contributed by atoms with Crippen molar-refractivity contribution in [3.8, 4) is 5.13 Å². The van der Waals surface area contributed by atoms with Gasteiger partial charge in [0.1, 0.15) is 5.82 Å². The smallest absolute Gasteiger partial charge is 0.256 e. The SMILES string of the molecule is CCc1ccc(C(=O)Nc2cc(C)nn2-c2nc3ccccc3s2)cc1. The lowest BCUT2D eigenvalue weighted by Crippen LogP contribution is -2.15. The van der Waals surface area contributed by atoms with Crippen molar-refractivity contribution in [2.45, 2.75) is 20.3 Å². The maximum absolute atomic E-state index is 12.6.